The molecule has 1 amide bonds. The molecule has 19 heavy (non-hydrogen) atoms. The Kier molecular flexibility index (Phi) is 3.93. The summed E-state index contributed by atoms with van der Waals surface area (Å²) in [5.74, 6) is -0.722. The topological polar surface area (TPSA) is 72.3 Å². The van der Waals surface area contributed by atoms with E-state index in [1.165, 1.54) is 6.07 Å². The van der Waals surface area contributed by atoms with Gasteiger partial charge in [-0.2, -0.15) is 0 Å². The van der Waals surface area contributed by atoms with E-state index < -0.39 is 5.91 Å². The first-order valence-corrected chi connectivity index (χ1v) is 6.59. The van der Waals surface area contributed by atoms with Gasteiger partial charge < -0.3 is 16.4 Å². The standard InChI is InChI=1S/C14H20FN3O/c1-9-6-13(12(16)7-11(9)15)18(8-14(17)19)10-4-2-3-5-10/h6-7,10H,2-5,8,16H2,1H3,(H2,17,19). The highest BCUT2D eigenvalue weighted by atomic mass is 19.1. The van der Waals surface area contributed by atoms with Gasteiger partial charge in [0, 0.05) is 6.04 Å². The molecule has 1 aliphatic rings. The summed E-state index contributed by atoms with van der Waals surface area (Å²) in [6, 6.07) is 3.28. The van der Waals surface area contributed by atoms with Crippen LogP contribution in [0, 0.1) is 12.7 Å². The van der Waals surface area contributed by atoms with Gasteiger partial charge in [-0.3, -0.25) is 4.79 Å². The predicted octanol–water partition coefficient (Wildman–Crippen LogP) is 1.95. The molecule has 0 spiro atoms. The molecule has 1 saturated carbocycles. The van der Waals surface area contributed by atoms with E-state index in [0.717, 1.165) is 25.7 Å². The molecule has 0 atom stereocenters. The summed E-state index contributed by atoms with van der Waals surface area (Å²) in [4.78, 5) is 13.2. The van der Waals surface area contributed by atoms with E-state index in [1.807, 2.05) is 4.90 Å². The van der Waals surface area contributed by atoms with E-state index in [0.29, 0.717) is 16.9 Å². The highest BCUT2D eigenvalue weighted by Crippen LogP contribution is 2.33. The molecule has 104 valence electrons. The number of rotatable bonds is 4. The van der Waals surface area contributed by atoms with E-state index in [-0.39, 0.29) is 18.4 Å². The average Bonchev–Trinajstić information content (AvgIpc) is 2.84. The molecule has 1 aliphatic carbocycles. The number of primary amides is 1. The van der Waals surface area contributed by atoms with Gasteiger partial charge in [0.1, 0.15) is 5.82 Å². The molecule has 4 nitrogen and oxygen atoms in total. The summed E-state index contributed by atoms with van der Waals surface area (Å²) >= 11 is 0. The van der Waals surface area contributed by atoms with Gasteiger partial charge in [0.2, 0.25) is 5.91 Å². The zero-order chi connectivity index (χ0) is 14.0. The normalized spacial score (nSPS) is 15.7. The summed E-state index contributed by atoms with van der Waals surface area (Å²) in [6.45, 7) is 1.81. The van der Waals surface area contributed by atoms with Crippen molar-refractivity contribution in [1.29, 1.82) is 0 Å². The number of carbonyl (C=O) groups is 1. The zero-order valence-corrected chi connectivity index (χ0v) is 11.2. The Morgan fingerprint density at radius 2 is 2.05 bits per heavy atom. The Bertz CT molecular complexity index is 484. The lowest BCUT2D eigenvalue weighted by molar-refractivity contribution is -0.116. The van der Waals surface area contributed by atoms with Crippen LogP contribution in [0.15, 0.2) is 12.1 Å². The van der Waals surface area contributed by atoms with Crippen LogP contribution in [-0.2, 0) is 4.79 Å². The maximum atomic E-state index is 13.5. The van der Waals surface area contributed by atoms with Crippen molar-refractivity contribution in [2.75, 3.05) is 17.2 Å². The second-order valence-corrected chi connectivity index (χ2v) is 5.19. The fourth-order valence-electron chi connectivity index (χ4n) is 2.73. The maximum absolute atomic E-state index is 13.5. The molecule has 0 aromatic heterocycles. The molecule has 2 rings (SSSR count). The van der Waals surface area contributed by atoms with Crippen LogP contribution in [0.2, 0.25) is 0 Å². The zero-order valence-electron chi connectivity index (χ0n) is 11.2. The van der Waals surface area contributed by atoms with E-state index in [4.69, 9.17) is 11.5 Å². The van der Waals surface area contributed by atoms with E-state index in [2.05, 4.69) is 0 Å². The monoisotopic (exact) mass is 265 g/mol. The molecule has 0 radical (unpaired) electrons. The summed E-state index contributed by atoms with van der Waals surface area (Å²) < 4.78 is 13.5. The number of nitrogens with zero attached hydrogens (tertiary/aromatic N) is 1. The van der Waals surface area contributed by atoms with Crippen molar-refractivity contribution >= 4 is 17.3 Å². The number of nitrogens with two attached hydrogens (primary N) is 2. The highest BCUT2D eigenvalue weighted by molar-refractivity contribution is 5.82. The van der Waals surface area contributed by atoms with Gasteiger partial charge in [-0.25, -0.2) is 4.39 Å². The van der Waals surface area contributed by atoms with Gasteiger partial charge in [0.15, 0.2) is 0 Å². The van der Waals surface area contributed by atoms with Gasteiger partial charge in [-0.1, -0.05) is 12.8 Å². The Hall–Kier alpha value is -1.78. The minimum absolute atomic E-state index is 0.125. The average molecular weight is 265 g/mol. The molecule has 5 heteroatoms. The summed E-state index contributed by atoms with van der Waals surface area (Å²) in [6.07, 6.45) is 4.31. The lowest BCUT2D eigenvalue weighted by Crippen LogP contribution is -2.40. The first-order chi connectivity index (χ1) is 8.99. The molecule has 1 aromatic rings. The third kappa shape index (κ3) is 2.97. The third-order valence-corrected chi connectivity index (χ3v) is 3.71. The molecular weight excluding hydrogens is 245 g/mol. The quantitative estimate of drug-likeness (QED) is 0.817. The molecule has 0 bridgehead atoms. The number of anilines is 2. The highest BCUT2D eigenvalue weighted by Gasteiger charge is 2.25. The number of hydrogen-bond donors (Lipinski definition) is 2. The van der Waals surface area contributed by atoms with Crippen molar-refractivity contribution in [3.63, 3.8) is 0 Å². The Morgan fingerprint density at radius 1 is 1.42 bits per heavy atom. The van der Waals surface area contributed by atoms with Crippen LogP contribution in [-0.4, -0.2) is 18.5 Å². The smallest absolute Gasteiger partial charge is 0.236 e. The molecule has 0 aliphatic heterocycles. The van der Waals surface area contributed by atoms with Crippen LogP contribution in [0.25, 0.3) is 0 Å². The van der Waals surface area contributed by atoms with Crippen LogP contribution < -0.4 is 16.4 Å². The minimum atomic E-state index is -0.395. The van der Waals surface area contributed by atoms with E-state index >= 15 is 0 Å². The van der Waals surface area contributed by atoms with Crippen LogP contribution in [0.4, 0.5) is 15.8 Å². The van der Waals surface area contributed by atoms with Gasteiger partial charge in [0.05, 0.1) is 17.9 Å². The van der Waals surface area contributed by atoms with Gasteiger partial charge in [0.25, 0.3) is 0 Å². The Morgan fingerprint density at radius 3 is 2.63 bits per heavy atom. The van der Waals surface area contributed by atoms with Crippen LogP contribution in [0.3, 0.4) is 0 Å². The lowest BCUT2D eigenvalue weighted by atomic mass is 10.1. The van der Waals surface area contributed by atoms with Crippen molar-refractivity contribution in [1.82, 2.24) is 0 Å². The fraction of sp³-hybridized carbons (Fsp3) is 0.500. The maximum Gasteiger partial charge on any atom is 0.236 e. The van der Waals surface area contributed by atoms with Crippen LogP contribution >= 0.6 is 0 Å². The number of aryl methyl sites for hydroxylation is 1. The Balaban J connectivity index is 2.36. The minimum Gasteiger partial charge on any atom is -0.397 e. The van der Waals surface area contributed by atoms with Crippen molar-refractivity contribution in [3.8, 4) is 0 Å². The number of benzene rings is 1. The Labute approximate surface area is 112 Å². The second-order valence-electron chi connectivity index (χ2n) is 5.19. The third-order valence-electron chi connectivity index (χ3n) is 3.71. The lowest BCUT2D eigenvalue weighted by Gasteiger charge is -2.31. The number of carbonyl (C=O) groups excluding carboxylic acids is 1. The molecule has 4 N–H and O–H groups in total. The van der Waals surface area contributed by atoms with Gasteiger partial charge in [-0.15, -0.1) is 0 Å². The largest absolute Gasteiger partial charge is 0.397 e. The van der Waals surface area contributed by atoms with Crippen molar-refractivity contribution < 1.29 is 9.18 Å². The second kappa shape index (κ2) is 5.47. The summed E-state index contributed by atoms with van der Waals surface area (Å²) in [5, 5.41) is 0. The molecule has 1 aromatic carbocycles. The number of nitrogen functional groups attached to an aromatic ring is 1. The number of halogens is 1. The summed E-state index contributed by atoms with van der Waals surface area (Å²) in [5.41, 5.74) is 12.8. The first kappa shape index (κ1) is 13.6. The number of amides is 1. The fourth-order valence-corrected chi connectivity index (χ4v) is 2.73. The van der Waals surface area contributed by atoms with Crippen LogP contribution in [0.5, 0.6) is 0 Å². The van der Waals surface area contributed by atoms with Crippen LogP contribution in [0.1, 0.15) is 31.2 Å². The van der Waals surface area contributed by atoms with Crippen molar-refractivity contribution in [2.24, 2.45) is 5.73 Å². The first-order valence-electron chi connectivity index (χ1n) is 6.59. The predicted molar refractivity (Wildman–Crippen MR) is 74.3 cm³/mol. The van der Waals surface area contributed by atoms with Crippen molar-refractivity contribution in [2.45, 2.75) is 38.6 Å². The summed E-state index contributed by atoms with van der Waals surface area (Å²) in [7, 11) is 0. The van der Waals surface area contributed by atoms with Gasteiger partial charge in [-0.05, 0) is 37.5 Å². The number of hydrogen-bond acceptors (Lipinski definition) is 3. The van der Waals surface area contributed by atoms with E-state index in [1.54, 1.807) is 13.0 Å². The molecular formula is C14H20FN3O. The van der Waals surface area contributed by atoms with Crippen molar-refractivity contribution in [3.05, 3.63) is 23.5 Å². The molecule has 0 heterocycles. The SMILES string of the molecule is Cc1cc(N(CC(N)=O)C2CCCC2)c(N)cc1F. The molecule has 0 saturated heterocycles. The van der Waals surface area contributed by atoms with Gasteiger partial charge >= 0.3 is 0 Å². The molecule has 1 fully saturated rings. The van der Waals surface area contributed by atoms with E-state index in [9.17, 15) is 9.18 Å². The molecule has 0 unspecified atom stereocenters.